The second kappa shape index (κ2) is 16.6. The molecule has 0 spiro atoms. The molecule has 2 aromatic heterocycles. The van der Waals surface area contributed by atoms with Gasteiger partial charge in [0.05, 0.1) is 5.69 Å². The lowest BCUT2D eigenvalue weighted by molar-refractivity contribution is 0.963. The van der Waals surface area contributed by atoms with E-state index in [1.807, 2.05) is 164 Å². The summed E-state index contributed by atoms with van der Waals surface area (Å²) in [4.78, 5) is 31.1. The predicted octanol–water partition coefficient (Wildman–Crippen LogP) is 10.7. The fraction of sp³-hybridized carbons (Fsp3) is 0. The summed E-state index contributed by atoms with van der Waals surface area (Å²) in [6.45, 7) is 0. The smallest absolute Gasteiger partial charge is 0.243 e. The van der Waals surface area contributed by atoms with E-state index in [9.17, 15) is 0 Å². The lowest BCUT2D eigenvalue weighted by Gasteiger charge is -2.23. The van der Waals surface area contributed by atoms with Gasteiger partial charge in [-0.05, 0) is 71.8 Å². The van der Waals surface area contributed by atoms with Crippen LogP contribution in [-0.2, 0) is 0 Å². The maximum Gasteiger partial charge on any atom is 0.243 e. The summed E-state index contributed by atoms with van der Waals surface area (Å²) in [5.74, 6) is 1.81. The minimum atomic E-state index is 0.266. The number of nitrogens with zero attached hydrogens (tertiary/aromatic N) is 7. The Morgan fingerprint density at radius 1 is 0.309 bits per heavy atom. The Hall–Kier alpha value is -7.92. The number of hydrogen-bond donors (Lipinski definition) is 4. The highest BCUT2D eigenvalue weighted by Gasteiger charge is 2.23. The Morgan fingerprint density at radius 2 is 0.600 bits per heavy atom. The van der Waals surface area contributed by atoms with Crippen molar-refractivity contribution in [3.05, 3.63) is 187 Å². The van der Waals surface area contributed by atoms with Crippen LogP contribution in [0.25, 0.3) is 12.2 Å². The third kappa shape index (κ3) is 9.12. The first-order chi connectivity index (χ1) is 27.2. The number of benzene rings is 6. The zero-order valence-corrected chi connectivity index (χ0v) is 29.5. The molecule has 0 aliphatic carbocycles. The number of aromatic nitrogens is 6. The van der Waals surface area contributed by atoms with Crippen LogP contribution in [0.3, 0.4) is 0 Å². The van der Waals surface area contributed by atoms with Crippen LogP contribution in [0.4, 0.5) is 64.1 Å². The summed E-state index contributed by atoms with van der Waals surface area (Å²) < 4.78 is 0. The molecule has 55 heavy (non-hydrogen) atoms. The van der Waals surface area contributed by atoms with Crippen LogP contribution >= 0.6 is 0 Å². The van der Waals surface area contributed by atoms with Gasteiger partial charge < -0.3 is 21.3 Å². The van der Waals surface area contributed by atoms with Crippen molar-refractivity contribution < 1.29 is 0 Å². The molecule has 0 bridgehead atoms. The van der Waals surface area contributed by atoms with Gasteiger partial charge in [-0.15, -0.1) is 0 Å². The van der Waals surface area contributed by atoms with Gasteiger partial charge in [-0.1, -0.05) is 127 Å². The highest BCUT2D eigenvalue weighted by atomic mass is 15.4. The quantitative estimate of drug-likeness (QED) is 0.0850. The van der Waals surface area contributed by atoms with Gasteiger partial charge in [-0.2, -0.15) is 29.9 Å². The Bertz CT molecular complexity index is 2220. The monoisotopic (exact) mass is 717 g/mol. The minimum Gasteiger partial charge on any atom is -0.324 e. The fourth-order valence-corrected chi connectivity index (χ4v) is 5.57. The van der Waals surface area contributed by atoms with Gasteiger partial charge in [-0.3, -0.25) is 0 Å². The SMILES string of the molecule is C(=Cc1ccc(N(c2nc(Nc3ccccc3)nc(Nc3ccccc3)n2)c2nc(Nc3ccccc3)nc(Nc3ccccc3)n2)cc1)c1ccccc1. The van der Waals surface area contributed by atoms with E-state index in [-0.39, 0.29) is 11.9 Å². The van der Waals surface area contributed by atoms with Crippen molar-refractivity contribution in [1.29, 1.82) is 0 Å². The fourth-order valence-electron chi connectivity index (χ4n) is 5.57. The van der Waals surface area contributed by atoms with E-state index in [0.29, 0.717) is 29.5 Å². The first kappa shape index (κ1) is 34.2. The predicted molar refractivity (Wildman–Crippen MR) is 222 cm³/mol. The van der Waals surface area contributed by atoms with Crippen molar-refractivity contribution in [2.75, 3.05) is 26.2 Å². The molecule has 0 amide bonds. The van der Waals surface area contributed by atoms with Crippen LogP contribution in [0.2, 0.25) is 0 Å². The molecule has 8 rings (SSSR count). The number of anilines is 11. The summed E-state index contributed by atoms with van der Waals surface area (Å²) in [5.41, 5.74) is 6.09. The standard InChI is InChI=1S/C44H35N11/c1-6-16-32(17-7-1)26-27-33-28-30-38(31-29-33)55(43-51-39(45-34-18-8-2-9-19-34)49-40(52-43)46-35-20-10-3-11-21-35)44-53-41(47-36-22-12-4-13-23-36)50-42(54-44)48-37-24-14-5-15-25-37/h1-31H,(H2,45,46,49,51,52)(H2,47,48,50,53,54). The van der Waals surface area contributed by atoms with E-state index < -0.39 is 0 Å². The molecular formula is C44H35N11. The third-order valence-electron chi connectivity index (χ3n) is 8.19. The minimum absolute atomic E-state index is 0.266. The average Bonchev–Trinajstić information content (AvgIpc) is 3.22. The van der Waals surface area contributed by atoms with E-state index in [2.05, 4.69) is 45.6 Å². The molecule has 6 aromatic carbocycles. The third-order valence-corrected chi connectivity index (χ3v) is 8.19. The van der Waals surface area contributed by atoms with Gasteiger partial charge in [0.15, 0.2) is 0 Å². The lowest BCUT2D eigenvalue weighted by Crippen LogP contribution is -2.20. The molecule has 0 saturated heterocycles. The van der Waals surface area contributed by atoms with Crippen LogP contribution in [-0.4, -0.2) is 29.9 Å². The Labute approximate surface area is 318 Å². The van der Waals surface area contributed by atoms with Gasteiger partial charge in [0, 0.05) is 22.7 Å². The molecule has 11 heteroatoms. The molecule has 0 fully saturated rings. The summed E-state index contributed by atoms with van der Waals surface area (Å²) in [7, 11) is 0. The van der Waals surface area contributed by atoms with Crippen molar-refractivity contribution in [3.8, 4) is 0 Å². The number of rotatable bonds is 13. The van der Waals surface area contributed by atoms with Crippen LogP contribution < -0.4 is 26.2 Å². The molecule has 8 aromatic rings. The molecule has 0 unspecified atom stereocenters. The zero-order valence-electron chi connectivity index (χ0n) is 29.5. The van der Waals surface area contributed by atoms with Gasteiger partial charge in [0.2, 0.25) is 35.7 Å². The normalized spacial score (nSPS) is 10.8. The highest BCUT2D eigenvalue weighted by Crippen LogP contribution is 2.34. The summed E-state index contributed by atoms with van der Waals surface area (Å²) in [6.07, 6.45) is 4.15. The van der Waals surface area contributed by atoms with E-state index in [4.69, 9.17) is 29.9 Å². The molecule has 0 aliphatic rings. The Balaban J connectivity index is 1.27. The number of nitrogens with one attached hydrogen (secondary N) is 4. The average molecular weight is 718 g/mol. The second-order valence-electron chi connectivity index (χ2n) is 12.2. The van der Waals surface area contributed by atoms with Crippen molar-refractivity contribution in [1.82, 2.24) is 29.9 Å². The molecular weight excluding hydrogens is 683 g/mol. The summed E-state index contributed by atoms with van der Waals surface area (Å²) in [6, 6.07) is 57.2. The zero-order chi connectivity index (χ0) is 37.1. The lowest BCUT2D eigenvalue weighted by atomic mass is 10.1. The molecule has 2 heterocycles. The van der Waals surface area contributed by atoms with Crippen molar-refractivity contribution in [3.63, 3.8) is 0 Å². The molecule has 0 radical (unpaired) electrons. The van der Waals surface area contributed by atoms with Crippen LogP contribution in [0.1, 0.15) is 11.1 Å². The topological polar surface area (TPSA) is 129 Å². The van der Waals surface area contributed by atoms with Crippen molar-refractivity contribution in [2.24, 2.45) is 0 Å². The van der Waals surface area contributed by atoms with Gasteiger partial charge >= 0.3 is 0 Å². The molecule has 4 N–H and O–H groups in total. The number of hydrogen-bond acceptors (Lipinski definition) is 11. The van der Waals surface area contributed by atoms with Crippen molar-refractivity contribution >= 4 is 76.3 Å². The molecule has 266 valence electrons. The second-order valence-corrected chi connectivity index (χ2v) is 12.2. The summed E-state index contributed by atoms with van der Waals surface area (Å²) >= 11 is 0. The van der Waals surface area contributed by atoms with Gasteiger partial charge in [-0.25, -0.2) is 4.90 Å². The first-order valence-electron chi connectivity index (χ1n) is 17.6. The van der Waals surface area contributed by atoms with Crippen molar-refractivity contribution in [2.45, 2.75) is 0 Å². The molecule has 0 saturated carbocycles. The van der Waals surface area contributed by atoms with E-state index in [1.54, 1.807) is 4.90 Å². The molecule has 0 aliphatic heterocycles. The van der Waals surface area contributed by atoms with Crippen LogP contribution in [0, 0.1) is 0 Å². The Morgan fingerprint density at radius 3 is 0.927 bits per heavy atom. The van der Waals surface area contributed by atoms with Gasteiger partial charge in [0.25, 0.3) is 0 Å². The maximum atomic E-state index is 4.95. The maximum absolute atomic E-state index is 4.95. The summed E-state index contributed by atoms with van der Waals surface area (Å²) in [5, 5.41) is 13.4. The number of para-hydroxylation sites is 4. The van der Waals surface area contributed by atoms with E-state index in [0.717, 1.165) is 33.9 Å². The van der Waals surface area contributed by atoms with E-state index in [1.165, 1.54) is 0 Å². The molecule has 11 nitrogen and oxygen atoms in total. The first-order valence-corrected chi connectivity index (χ1v) is 17.6. The van der Waals surface area contributed by atoms with Crippen LogP contribution in [0.15, 0.2) is 176 Å². The highest BCUT2D eigenvalue weighted by molar-refractivity contribution is 5.75. The molecule has 0 atom stereocenters. The van der Waals surface area contributed by atoms with Crippen LogP contribution in [0.5, 0.6) is 0 Å². The van der Waals surface area contributed by atoms with E-state index >= 15 is 0 Å². The van der Waals surface area contributed by atoms with Gasteiger partial charge in [0.1, 0.15) is 0 Å². The largest absolute Gasteiger partial charge is 0.324 e. The Kier molecular flexibility index (Phi) is 10.3.